The van der Waals surface area contributed by atoms with Crippen LogP contribution in [0.5, 0.6) is 0 Å². The van der Waals surface area contributed by atoms with Crippen LogP contribution >= 0.6 is 10.7 Å². The molecule has 0 aliphatic carbocycles. The summed E-state index contributed by atoms with van der Waals surface area (Å²) in [5.74, 6) is 0. The summed E-state index contributed by atoms with van der Waals surface area (Å²) >= 11 is 0. The third kappa shape index (κ3) is 2.22. The summed E-state index contributed by atoms with van der Waals surface area (Å²) in [6.45, 7) is 0. The van der Waals surface area contributed by atoms with Gasteiger partial charge in [-0.15, -0.1) is 0 Å². The lowest BCUT2D eigenvalue weighted by atomic mass is 10.2. The lowest BCUT2D eigenvalue weighted by Gasteiger charge is -2.06. The highest BCUT2D eigenvalue weighted by Gasteiger charge is 2.31. The molecule has 92 valence electrons. The topological polar surface area (TPSA) is 51.4 Å². The van der Waals surface area contributed by atoms with Crippen molar-refractivity contribution >= 4 is 25.2 Å². The van der Waals surface area contributed by atoms with E-state index in [1.54, 1.807) is 0 Å². The number of hydrogen-bond acceptors (Lipinski definition) is 3. The fourth-order valence-corrected chi connectivity index (χ4v) is 2.26. The van der Waals surface area contributed by atoms with E-state index in [1.165, 1.54) is 0 Å². The van der Waals surface area contributed by atoms with E-state index in [0.717, 1.165) is 22.8 Å². The van der Waals surface area contributed by atoms with Crippen molar-refractivity contribution in [3.05, 3.63) is 30.1 Å². The van der Waals surface area contributed by atoms with E-state index in [1.807, 2.05) is 0 Å². The van der Waals surface area contributed by atoms with Gasteiger partial charge in [0.1, 0.15) is 4.90 Å². The Morgan fingerprint density at radius 2 is 1.94 bits per heavy atom. The Hall–Kier alpha value is -1.28. The predicted molar refractivity (Wildman–Crippen MR) is 53.2 cm³/mol. The molecular weight excluding hydrogens is 281 g/mol. The zero-order valence-electron chi connectivity index (χ0n) is 7.94. The van der Waals surface area contributed by atoms with Crippen molar-refractivity contribution in [2.75, 3.05) is 0 Å². The number of nitrogens with zero attached hydrogens (tertiary/aromatic N) is 2. The van der Waals surface area contributed by atoms with Crippen molar-refractivity contribution in [3.63, 3.8) is 0 Å². The zero-order chi connectivity index (χ0) is 12.8. The molecule has 0 radical (unpaired) electrons. The summed E-state index contributed by atoms with van der Waals surface area (Å²) in [6, 6.07) is 1.77. The average molecular weight is 285 g/mol. The van der Waals surface area contributed by atoms with Gasteiger partial charge in [-0.25, -0.2) is 12.9 Å². The molecule has 17 heavy (non-hydrogen) atoms. The van der Waals surface area contributed by atoms with Gasteiger partial charge in [0, 0.05) is 16.9 Å². The standard InChI is InChI=1S/C8H4ClF3N2O2S/c9-17(15,16)7-3-13-14-4-5(8(10,11)12)1-2-6(7)14/h1-4H. The van der Waals surface area contributed by atoms with Crippen LogP contribution in [0.1, 0.15) is 5.56 Å². The van der Waals surface area contributed by atoms with Crippen LogP contribution in [0.15, 0.2) is 29.4 Å². The van der Waals surface area contributed by atoms with Crippen LogP contribution in [0.25, 0.3) is 5.52 Å². The molecule has 0 aliphatic heterocycles. The van der Waals surface area contributed by atoms with Crippen LogP contribution in [0.2, 0.25) is 0 Å². The van der Waals surface area contributed by atoms with Crippen molar-refractivity contribution in [2.45, 2.75) is 11.1 Å². The molecule has 2 aromatic heterocycles. The molecule has 2 heterocycles. The number of hydrogen-bond donors (Lipinski definition) is 0. The number of rotatable bonds is 1. The van der Waals surface area contributed by atoms with Gasteiger partial charge in [0.05, 0.1) is 17.3 Å². The Kier molecular flexibility index (Phi) is 2.58. The molecule has 0 saturated heterocycles. The van der Waals surface area contributed by atoms with Gasteiger partial charge in [-0.3, -0.25) is 0 Å². The molecule has 0 unspecified atom stereocenters. The summed E-state index contributed by atoms with van der Waals surface area (Å²) < 4.78 is 60.1. The average Bonchev–Trinajstić information content (AvgIpc) is 2.57. The lowest BCUT2D eigenvalue weighted by molar-refractivity contribution is -0.137. The molecule has 0 aromatic carbocycles. The minimum atomic E-state index is -4.51. The first-order valence-corrected chi connectivity index (χ1v) is 6.50. The molecule has 2 rings (SSSR count). The van der Waals surface area contributed by atoms with Crippen molar-refractivity contribution in [1.82, 2.24) is 9.61 Å². The third-order valence-corrected chi connectivity index (χ3v) is 3.41. The number of alkyl halides is 3. The van der Waals surface area contributed by atoms with Crippen LogP contribution in [0, 0.1) is 0 Å². The molecule has 0 saturated carbocycles. The molecule has 4 nitrogen and oxygen atoms in total. The van der Waals surface area contributed by atoms with E-state index < -0.39 is 20.8 Å². The third-order valence-electron chi connectivity index (χ3n) is 2.07. The summed E-state index contributed by atoms with van der Waals surface area (Å²) in [4.78, 5) is -0.326. The highest BCUT2D eigenvalue weighted by Crippen LogP contribution is 2.30. The highest BCUT2D eigenvalue weighted by atomic mass is 35.7. The summed E-state index contributed by atoms with van der Waals surface area (Å²) in [7, 11) is 1.08. The van der Waals surface area contributed by atoms with E-state index in [4.69, 9.17) is 10.7 Å². The fourth-order valence-electron chi connectivity index (χ4n) is 1.32. The van der Waals surface area contributed by atoms with E-state index in [9.17, 15) is 21.6 Å². The maximum atomic E-state index is 12.4. The van der Waals surface area contributed by atoms with E-state index in [0.29, 0.717) is 6.20 Å². The van der Waals surface area contributed by atoms with E-state index in [-0.39, 0.29) is 10.4 Å². The smallest absolute Gasteiger partial charge is 0.239 e. The predicted octanol–water partition coefficient (Wildman–Crippen LogP) is 2.28. The van der Waals surface area contributed by atoms with Crippen LogP contribution in [0.4, 0.5) is 13.2 Å². The Balaban J connectivity index is 2.69. The number of aromatic nitrogens is 2. The molecule has 0 N–H and O–H groups in total. The summed E-state index contributed by atoms with van der Waals surface area (Å²) in [5, 5.41) is 3.51. The normalized spacial score (nSPS) is 13.2. The van der Waals surface area contributed by atoms with Gasteiger partial charge in [0.15, 0.2) is 0 Å². The van der Waals surface area contributed by atoms with Gasteiger partial charge in [0.2, 0.25) is 0 Å². The molecule has 0 fully saturated rings. The molecule has 0 spiro atoms. The molecule has 0 amide bonds. The molecule has 0 bridgehead atoms. The van der Waals surface area contributed by atoms with Gasteiger partial charge < -0.3 is 0 Å². The minimum Gasteiger partial charge on any atom is -0.239 e. The van der Waals surface area contributed by atoms with Gasteiger partial charge in [0.25, 0.3) is 9.05 Å². The zero-order valence-corrected chi connectivity index (χ0v) is 9.51. The SMILES string of the molecule is O=S(=O)(Cl)c1cnn2cc(C(F)(F)F)ccc12. The van der Waals surface area contributed by atoms with Crippen LogP contribution in [-0.2, 0) is 15.2 Å². The van der Waals surface area contributed by atoms with Crippen LogP contribution in [-0.4, -0.2) is 18.0 Å². The van der Waals surface area contributed by atoms with Crippen molar-refractivity contribution in [2.24, 2.45) is 0 Å². The second-order valence-electron chi connectivity index (χ2n) is 3.19. The number of fused-ring (bicyclic) bond motifs is 1. The Labute approximate surface area is 98.0 Å². The highest BCUT2D eigenvalue weighted by molar-refractivity contribution is 8.13. The van der Waals surface area contributed by atoms with Crippen molar-refractivity contribution < 1.29 is 21.6 Å². The molecule has 9 heteroatoms. The number of halogens is 4. The monoisotopic (exact) mass is 284 g/mol. The van der Waals surface area contributed by atoms with Gasteiger partial charge in [-0.05, 0) is 12.1 Å². The van der Waals surface area contributed by atoms with E-state index in [2.05, 4.69) is 5.10 Å². The number of pyridine rings is 1. The Morgan fingerprint density at radius 3 is 2.47 bits per heavy atom. The summed E-state index contributed by atoms with van der Waals surface area (Å²) in [5.41, 5.74) is -0.931. The first-order chi connectivity index (χ1) is 7.69. The van der Waals surface area contributed by atoms with Gasteiger partial charge in [-0.1, -0.05) is 0 Å². The van der Waals surface area contributed by atoms with Gasteiger partial charge in [-0.2, -0.15) is 18.3 Å². The van der Waals surface area contributed by atoms with Crippen LogP contribution in [0.3, 0.4) is 0 Å². The maximum absolute atomic E-state index is 12.4. The first kappa shape index (κ1) is 12.2. The largest absolute Gasteiger partial charge is 0.417 e. The minimum absolute atomic E-state index is 0.00648. The lowest BCUT2D eigenvalue weighted by Crippen LogP contribution is -2.06. The molecule has 2 aromatic rings. The maximum Gasteiger partial charge on any atom is 0.417 e. The van der Waals surface area contributed by atoms with Crippen LogP contribution < -0.4 is 0 Å². The summed E-state index contributed by atoms with van der Waals surface area (Å²) in [6.07, 6.45) is -2.92. The van der Waals surface area contributed by atoms with E-state index >= 15 is 0 Å². The second kappa shape index (κ2) is 3.61. The first-order valence-electron chi connectivity index (χ1n) is 4.19. The molecular formula is C8H4ClF3N2O2S. The van der Waals surface area contributed by atoms with Crippen molar-refractivity contribution in [1.29, 1.82) is 0 Å². The Bertz CT molecular complexity index is 678. The fraction of sp³-hybridized carbons (Fsp3) is 0.125. The second-order valence-corrected chi connectivity index (χ2v) is 5.73. The van der Waals surface area contributed by atoms with Gasteiger partial charge >= 0.3 is 6.18 Å². The van der Waals surface area contributed by atoms with Crippen molar-refractivity contribution in [3.8, 4) is 0 Å². The molecule has 0 atom stereocenters. The quantitative estimate of drug-likeness (QED) is 0.755. The molecule has 0 aliphatic rings. The Morgan fingerprint density at radius 1 is 1.29 bits per heavy atom.